The maximum atomic E-state index is 12.0. The lowest BCUT2D eigenvalue weighted by Crippen LogP contribution is -2.33. The number of rotatable bonds is 6. The van der Waals surface area contributed by atoms with Gasteiger partial charge in [-0.1, -0.05) is 32.0 Å². The first-order valence-electron chi connectivity index (χ1n) is 7.27. The molecular weight excluding hydrogens is 282 g/mol. The molecule has 1 unspecified atom stereocenters. The standard InChI is InChI=1S/C16H21N3O3/c1-11(2)8-13(20)9-17-16(22)15-14(21)10-19(18-15)12-6-4-3-5-7-12/h3-7,10-11,13,20-21H,8-9H2,1-2H3,(H,17,22). The van der Waals surface area contributed by atoms with E-state index in [1.54, 1.807) is 0 Å². The van der Waals surface area contributed by atoms with E-state index in [-0.39, 0.29) is 18.0 Å². The number of hydrogen-bond donors (Lipinski definition) is 3. The number of nitrogens with zero attached hydrogens (tertiary/aromatic N) is 2. The summed E-state index contributed by atoms with van der Waals surface area (Å²) in [6, 6.07) is 9.20. The van der Waals surface area contributed by atoms with Crippen molar-refractivity contribution in [3.63, 3.8) is 0 Å². The first kappa shape index (κ1) is 16.0. The SMILES string of the molecule is CC(C)CC(O)CNC(=O)c1nn(-c2ccccc2)cc1O. The van der Waals surface area contributed by atoms with Crippen molar-refractivity contribution >= 4 is 5.91 Å². The van der Waals surface area contributed by atoms with Crippen molar-refractivity contribution in [1.29, 1.82) is 0 Å². The molecule has 1 aromatic heterocycles. The molecule has 0 saturated carbocycles. The highest BCUT2D eigenvalue weighted by Crippen LogP contribution is 2.17. The van der Waals surface area contributed by atoms with Gasteiger partial charge in [0.25, 0.3) is 5.91 Å². The maximum absolute atomic E-state index is 12.0. The van der Waals surface area contributed by atoms with Crippen molar-refractivity contribution in [2.75, 3.05) is 6.54 Å². The fraction of sp³-hybridized carbons (Fsp3) is 0.375. The van der Waals surface area contributed by atoms with E-state index in [1.807, 2.05) is 44.2 Å². The lowest BCUT2D eigenvalue weighted by atomic mass is 10.1. The molecule has 6 heteroatoms. The van der Waals surface area contributed by atoms with Gasteiger partial charge in [-0.25, -0.2) is 4.68 Å². The molecule has 0 saturated heterocycles. The lowest BCUT2D eigenvalue weighted by Gasteiger charge is -2.13. The van der Waals surface area contributed by atoms with Crippen LogP contribution >= 0.6 is 0 Å². The Labute approximate surface area is 129 Å². The summed E-state index contributed by atoms with van der Waals surface area (Å²) < 4.78 is 1.44. The summed E-state index contributed by atoms with van der Waals surface area (Å²) in [6.07, 6.45) is 1.38. The zero-order chi connectivity index (χ0) is 16.1. The molecule has 1 amide bonds. The Kier molecular flexibility index (Phi) is 5.16. The van der Waals surface area contributed by atoms with Crippen LogP contribution in [0.3, 0.4) is 0 Å². The predicted octanol–water partition coefficient (Wildman–Crippen LogP) is 1.71. The molecule has 1 heterocycles. The summed E-state index contributed by atoms with van der Waals surface area (Å²) in [7, 11) is 0. The van der Waals surface area contributed by atoms with Gasteiger partial charge in [0.2, 0.25) is 0 Å². The van der Waals surface area contributed by atoms with Gasteiger partial charge in [0, 0.05) is 6.54 Å². The number of carbonyl (C=O) groups excluding carboxylic acids is 1. The number of para-hydroxylation sites is 1. The first-order chi connectivity index (χ1) is 10.5. The van der Waals surface area contributed by atoms with Gasteiger partial charge in [-0.3, -0.25) is 4.79 Å². The second-order valence-corrected chi connectivity index (χ2v) is 5.64. The van der Waals surface area contributed by atoms with Gasteiger partial charge in [-0.05, 0) is 24.5 Å². The monoisotopic (exact) mass is 303 g/mol. The third-order valence-corrected chi connectivity index (χ3v) is 3.17. The van der Waals surface area contributed by atoms with Crippen LogP contribution in [0, 0.1) is 5.92 Å². The number of aliphatic hydroxyl groups excluding tert-OH is 1. The Hall–Kier alpha value is -2.34. The summed E-state index contributed by atoms with van der Waals surface area (Å²) in [4.78, 5) is 12.0. The van der Waals surface area contributed by atoms with Crippen LogP contribution < -0.4 is 5.32 Å². The molecule has 0 radical (unpaired) electrons. The van der Waals surface area contributed by atoms with Crippen molar-refractivity contribution in [2.24, 2.45) is 5.92 Å². The molecule has 6 nitrogen and oxygen atoms in total. The number of amides is 1. The fourth-order valence-electron chi connectivity index (χ4n) is 2.16. The zero-order valence-electron chi connectivity index (χ0n) is 12.7. The highest BCUT2D eigenvalue weighted by Gasteiger charge is 2.18. The Bertz CT molecular complexity index is 623. The van der Waals surface area contributed by atoms with E-state index < -0.39 is 12.0 Å². The molecule has 2 aromatic rings. The summed E-state index contributed by atoms with van der Waals surface area (Å²) >= 11 is 0. The number of aliphatic hydroxyl groups is 1. The second-order valence-electron chi connectivity index (χ2n) is 5.64. The normalized spacial score (nSPS) is 12.4. The highest BCUT2D eigenvalue weighted by atomic mass is 16.3. The summed E-state index contributed by atoms with van der Waals surface area (Å²) in [5, 5.41) is 26.3. The third-order valence-electron chi connectivity index (χ3n) is 3.17. The number of nitrogens with one attached hydrogen (secondary N) is 1. The smallest absolute Gasteiger partial charge is 0.275 e. The van der Waals surface area contributed by atoms with E-state index in [1.165, 1.54) is 10.9 Å². The van der Waals surface area contributed by atoms with Crippen molar-refractivity contribution < 1.29 is 15.0 Å². The van der Waals surface area contributed by atoms with Gasteiger partial charge in [0.15, 0.2) is 11.4 Å². The molecule has 2 rings (SSSR count). The average molecular weight is 303 g/mol. The summed E-state index contributed by atoms with van der Waals surface area (Å²) in [5.74, 6) is -0.354. The van der Waals surface area contributed by atoms with Gasteiger partial charge >= 0.3 is 0 Å². The molecule has 0 bridgehead atoms. The minimum Gasteiger partial charge on any atom is -0.504 e. The number of carbonyl (C=O) groups is 1. The topological polar surface area (TPSA) is 87.4 Å². The van der Waals surface area contributed by atoms with Crippen molar-refractivity contribution in [3.05, 3.63) is 42.2 Å². The van der Waals surface area contributed by atoms with Crippen LogP contribution in [-0.2, 0) is 0 Å². The number of aromatic nitrogens is 2. The highest BCUT2D eigenvalue weighted by molar-refractivity contribution is 5.94. The van der Waals surface area contributed by atoms with Crippen molar-refractivity contribution in [2.45, 2.75) is 26.4 Å². The molecule has 1 aromatic carbocycles. The molecule has 118 valence electrons. The quantitative estimate of drug-likeness (QED) is 0.758. The van der Waals surface area contributed by atoms with Crippen LogP contribution in [0.1, 0.15) is 30.8 Å². The molecule has 0 aliphatic carbocycles. The van der Waals surface area contributed by atoms with E-state index in [4.69, 9.17) is 0 Å². The van der Waals surface area contributed by atoms with Crippen molar-refractivity contribution in [1.82, 2.24) is 15.1 Å². The van der Waals surface area contributed by atoms with Crippen LogP contribution in [0.5, 0.6) is 5.75 Å². The number of aromatic hydroxyl groups is 1. The number of benzene rings is 1. The maximum Gasteiger partial charge on any atom is 0.275 e. The Morgan fingerprint density at radius 3 is 2.64 bits per heavy atom. The lowest BCUT2D eigenvalue weighted by molar-refractivity contribution is 0.0892. The predicted molar refractivity (Wildman–Crippen MR) is 83.0 cm³/mol. The van der Waals surface area contributed by atoms with E-state index in [2.05, 4.69) is 10.4 Å². The van der Waals surface area contributed by atoms with E-state index in [9.17, 15) is 15.0 Å². The molecule has 22 heavy (non-hydrogen) atoms. The van der Waals surface area contributed by atoms with Gasteiger partial charge < -0.3 is 15.5 Å². The molecule has 0 aliphatic heterocycles. The van der Waals surface area contributed by atoms with Crippen LogP contribution in [0.25, 0.3) is 5.69 Å². The number of hydrogen-bond acceptors (Lipinski definition) is 4. The van der Waals surface area contributed by atoms with Gasteiger partial charge in [-0.2, -0.15) is 5.10 Å². The van der Waals surface area contributed by atoms with Crippen molar-refractivity contribution in [3.8, 4) is 11.4 Å². The summed E-state index contributed by atoms with van der Waals surface area (Å²) in [6.45, 7) is 4.13. The van der Waals surface area contributed by atoms with Crippen LogP contribution in [-0.4, -0.2) is 38.5 Å². The fourth-order valence-corrected chi connectivity index (χ4v) is 2.16. The Balaban J connectivity index is 2.03. The van der Waals surface area contributed by atoms with E-state index in [0.29, 0.717) is 12.3 Å². The molecule has 0 spiro atoms. The molecule has 1 atom stereocenters. The molecular formula is C16H21N3O3. The first-order valence-corrected chi connectivity index (χ1v) is 7.27. The second kappa shape index (κ2) is 7.09. The Morgan fingerprint density at radius 2 is 2.00 bits per heavy atom. The Morgan fingerprint density at radius 1 is 1.32 bits per heavy atom. The van der Waals surface area contributed by atoms with Crippen LogP contribution in [0.2, 0.25) is 0 Å². The van der Waals surface area contributed by atoms with E-state index in [0.717, 1.165) is 5.69 Å². The molecule has 0 fully saturated rings. The van der Waals surface area contributed by atoms with Crippen LogP contribution in [0.15, 0.2) is 36.5 Å². The minimum atomic E-state index is -0.609. The van der Waals surface area contributed by atoms with Gasteiger partial charge in [0.05, 0.1) is 18.0 Å². The van der Waals surface area contributed by atoms with Crippen LogP contribution in [0.4, 0.5) is 0 Å². The van der Waals surface area contributed by atoms with E-state index >= 15 is 0 Å². The molecule has 3 N–H and O–H groups in total. The zero-order valence-corrected chi connectivity index (χ0v) is 12.7. The summed E-state index contributed by atoms with van der Waals surface area (Å²) in [5.41, 5.74) is 0.692. The van der Waals surface area contributed by atoms with Gasteiger partial charge in [-0.15, -0.1) is 0 Å². The third kappa shape index (κ3) is 4.08. The van der Waals surface area contributed by atoms with Gasteiger partial charge in [0.1, 0.15) is 0 Å². The molecule has 0 aliphatic rings. The average Bonchev–Trinajstić information content (AvgIpc) is 2.87. The minimum absolute atomic E-state index is 0.0550. The largest absolute Gasteiger partial charge is 0.504 e.